The van der Waals surface area contributed by atoms with Gasteiger partial charge in [-0.3, -0.25) is 10.1 Å². The average Bonchev–Trinajstić information content (AvgIpc) is 2.79. The van der Waals surface area contributed by atoms with Gasteiger partial charge in [0.25, 0.3) is 0 Å². The lowest BCUT2D eigenvalue weighted by atomic mass is 10.2. The Morgan fingerprint density at radius 3 is 2.82 bits per heavy atom. The van der Waals surface area contributed by atoms with Gasteiger partial charge in [-0.05, 0) is 6.26 Å². The molecule has 0 unspecified atom stereocenters. The molecule has 1 heterocycles. The van der Waals surface area contributed by atoms with Crippen molar-refractivity contribution in [2.75, 3.05) is 17.3 Å². The molecule has 2 aromatic rings. The first kappa shape index (κ1) is 12.1. The van der Waals surface area contributed by atoms with Crippen LogP contribution in [-0.2, 0) is 4.79 Å². The SMILES string of the molecule is CSCC(=O)Nc1nnc(-c2ccccc2)s1. The van der Waals surface area contributed by atoms with E-state index in [0.29, 0.717) is 10.9 Å². The number of carbonyl (C=O) groups is 1. The first-order valence-electron chi connectivity index (χ1n) is 4.97. The highest BCUT2D eigenvalue weighted by atomic mass is 32.2. The second kappa shape index (κ2) is 5.79. The Morgan fingerprint density at radius 1 is 1.35 bits per heavy atom. The Kier molecular flexibility index (Phi) is 4.11. The summed E-state index contributed by atoms with van der Waals surface area (Å²) in [5.74, 6) is 0.383. The van der Waals surface area contributed by atoms with E-state index in [1.807, 2.05) is 36.6 Å². The molecule has 6 heteroatoms. The zero-order chi connectivity index (χ0) is 12.1. The van der Waals surface area contributed by atoms with Crippen LogP contribution in [0.15, 0.2) is 30.3 Å². The highest BCUT2D eigenvalue weighted by Gasteiger charge is 2.08. The zero-order valence-electron chi connectivity index (χ0n) is 9.21. The molecule has 88 valence electrons. The third kappa shape index (κ3) is 3.28. The third-order valence-electron chi connectivity index (χ3n) is 1.97. The molecule has 0 radical (unpaired) electrons. The lowest BCUT2D eigenvalue weighted by Gasteiger charge is -1.96. The summed E-state index contributed by atoms with van der Waals surface area (Å²) in [6.07, 6.45) is 1.88. The van der Waals surface area contributed by atoms with Gasteiger partial charge in [-0.25, -0.2) is 0 Å². The molecule has 0 bridgehead atoms. The van der Waals surface area contributed by atoms with Crippen molar-refractivity contribution < 1.29 is 4.79 Å². The predicted molar refractivity (Wildman–Crippen MR) is 72.4 cm³/mol. The molecule has 0 saturated carbocycles. The number of rotatable bonds is 4. The first-order valence-corrected chi connectivity index (χ1v) is 7.18. The molecule has 0 aliphatic rings. The summed E-state index contributed by atoms with van der Waals surface area (Å²) < 4.78 is 0. The van der Waals surface area contributed by atoms with Crippen molar-refractivity contribution in [3.63, 3.8) is 0 Å². The van der Waals surface area contributed by atoms with Crippen LogP contribution in [0.25, 0.3) is 10.6 Å². The minimum Gasteiger partial charge on any atom is -0.300 e. The number of hydrogen-bond donors (Lipinski definition) is 1. The van der Waals surface area contributed by atoms with Crippen LogP contribution in [0.1, 0.15) is 0 Å². The van der Waals surface area contributed by atoms with E-state index in [2.05, 4.69) is 15.5 Å². The van der Waals surface area contributed by atoms with E-state index in [9.17, 15) is 4.79 Å². The Morgan fingerprint density at radius 2 is 2.12 bits per heavy atom. The van der Waals surface area contributed by atoms with Gasteiger partial charge in [0, 0.05) is 5.56 Å². The van der Waals surface area contributed by atoms with Crippen LogP contribution < -0.4 is 5.32 Å². The van der Waals surface area contributed by atoms with Crippen molar-refractivity contribution in [3.05, 3.63) is 30.3 Å². The number of thioether (sulfide) groups is 1. The lowest BCUT2D eigenvalue weighted by molar-refractivity contribution is -0.113. The van der Waals surface area contributed by atoms with E-state index in [1.54, 1.807) is 0 Å². The van der Waals surface area contributed by atoms with E-state index in [-0.39, 0.29) is 5.91 Å². The number of hydrogen-bond acceptors (Lipinski definition) is 5. The minimum absolute atomic E-state index is 0.0479. The van der Waals surface area contributed by atoms with Crippen molar-refractivity contribution in [2.45, 2.75) is 0 Å². The topological polar surface area (TPSA) is 54.9 Å². The second-order valence-electron chi connectivity index (χ2n) is 3.26. The van der Waals surface area contributed by atoms with Crippen molar-refractivity contribution in [1.29, 1.82) is 0 Å². The van der Waals surface area contributed by atoms with Crippen LogP contribution in [0.4, 0.5) is 5.13 Å². The maximum Gasteiger partial charge on any atom is 0.236 e. The molecule has 4 nitrogen and oxygen atoms in total. The van der Waals surface area contributed by atoms with Gasteiger partial charge in [0.2, 0.25) is 11.0 Å². The molecule has 0 fully saturated rings. The molecule has 0 aliphatic carbocycles. The van der Waals surface area contributed by atoms with Crippen LogP contribution in [0.3, 0.4) is 0 Å². The van der Waals surface area contributed by atoms with Gasteiger partial charge >= 0.3 is 0 Å². The third-order valence-corrected chi connectivity index (χ3v) is 3.41. The number of amides is 1. The normalized spacial score (nSPS) is 10.2. The molecule has 1 aromatic carbocycles. The maximum atomic E-state index is 11.4. The maximum absolute atomic E-state index is 11.4. The van der Waals surface area contributed by atoms with Gasteiger partial charge in [0.1, 0.15) is 5.01 Å². The number of anilines is 1. The molecule has 2 rings (SSSR count). The largest absolute Gasteiger partial charge is 0.300 e. The molecule has 0 spiro atoms. The number of carbonyl (C=O) groups excluding carboxylic acids is 1. The van der Waals surface area contributed by atoms with Crippen LogP contribution >= 0.6 is 23.1 Å². The quantitative estimate of drug-likeness (QED) is 0.923. The summed E-state index contributed by atoms with van der Waals surface area (Å²) in [4.78, 5) is 11.4. The van der Waals surface area contributed by atoms with Crippen molar-refractivity contribution in [2.24, 2.45) is 0 Å². The minimum atomic E-state index is -0.0479. The highest BCUT2D eigenvalue weighted by Crippen LogP contribution is 2.25. The van der Waals surface area contributed by atoms with Crippen LogP contribution in [0.5, 0.6) is 0 Å². The van der Waals surface area contributed by atoms with Crippen molar-refractivity contribution in [3.8, 4) is 10.6 Å². The molecular formula is C11H11N3OS2. The zero-order valence-corrected chi connectivity index (χ0v) is 10.8. The number of benzene rings is 1. The smallest absolute Gasteiger partial charge is 0.236 e. The van der Waals surface area contributed by atoms with Gasteiger partial charge in [-0.15, -0.1) is 10.2 Å². The Labute approximate surface area is 107 Å². The number of nitrogens with zero attached hydrogens (tertiary/aromatic N) is 2. The molecular weight excluding hydrogens is 254 g/mol. The Balaban J connectivity index is 2.09. The summed E-state index contributed by atoms with van der Waals surface area (Å²) in [6.45, 7) is 0. The van der Waals surface area contributed by atoms with Gasteiger partial charge in [-0.1, -0.05) is 41.7 Å². The Hall–Kier alpha value is -1.40. The van der Waals surface area contributed by atoms with E-state index in [1.165, 1.54) is 23.1 Å². The van der Waals surface area contributed by atoms with Gasteiger partial charge < -0.3 is 0 Å². The lowest BCUT2D eigenvalue weighted by Crippen LogP contribution is -2.13. The predicted octanol–water partition coefficient (Wildman–Crippen LogP) is 2.51. The van der Waals surface area contributed by atoms with Crippen LogP contribution in [-0.4, -0.2) is 28.1 Å². The second-order valence-corrected chi connectivity index (χ2v) is 5.10. The summed E-state index contributed by atoms with van der Waals surface area (Å²) in [6, 6.07) is 9.78. The average molecular weight is 265 g/mol. The summed E-state index contributed by atoms with van der Waals surface area (Å²) in [7, 11) is 0. The highest BCUT2D eigenvalue weighted by molar-refractivity contribution is 7.99. The van der Waals surface area contributed by atoms with Crippen LogP contribution in [0.2, 0.25) is 0 Å². The van der Waals surface area contributed by atoms with E-state index in [0.717, 1.165) is 10.6 Å². The monoisotopic (exact) mass is 265 g/mol. The fraction of sp³-hybridized carbons (Fsp3) is 0.182. The fourth-order valence-corrected chi connectivity index (χ4v) is 2.36. The van der Waals surface area contributed by atoms with E-state index < -0.39 is 0 Å². The van der Waals surface area contributed by atoms with Gasteiger partial charge in [0.15, 0.2) is 0 Å². The van der Waals surface area contributed by atoms with Crippen molar-refractivity contribution in [1.82, 2.24) is 10.2 Å². The number of aromatic nitrogens is 2. The van der Waals surface area contributed by atoms with E-state index in [4.69, 9.17) is 0 Å². The standard InChI is InChI=1S/C11H11N3OS2/c1-16-7-9(15)12-11-14-13-10(17-11)8-5-3-2-4-6-8/h2-6H,7H2,1H3,(H,12,14,15). The molecule has 1 aromatic heterocycles. The number of nitrogens with one attached hydrogen (secondary N) is 1. The van der Waals surface area contributed by atoms with Gasteiger partial charge in [-0.2, -0.15) is 11.8 Å². The van der Waals surface area contributed by atoms with Gasteiger partial charge in [0.05, 0.1) is 5.75 Å². The summed E-state index contributed by atoms with van der Waals surface area (Å²) in [5, 5.41) is 12.1. The first-order chi connectivity index (χ1) is 8.29. The molecule has 0 atom stereocenters. The molecule has 0 aliphatic heterocycles. The fourth-order valence-electron chi connectivity index (χ4n) is 1.26. The molecule has 1 amide bonds. The molecule has 17 heavy (non-hydrogen) atoms. The Bertz CT molecular complexity index is 498. The van der Waals surface area contributed by atoms with Crippen molar-refractivity contribution >= 4 is 34.1 Å². The van der Waals surface area contributed by atoms with Crippen LogP contribution in [0, 0.1) is 0 Å². The summed E-state index contributed by atoms with van der Waals surface area (Å²) in [5.41, 5.74) is 1.01. The summed E-state index contributed by atoms with van der Waals surface area (Å²) >= 11 is 2.85. The van der Waals surface area contributed by atoms with E-state index >= 15 is 0 Å². The molecule has 1 N–H and O–H groups in total. The molecule has 0 saturated heterocycles.